The van der Waals surface area contributed by atoms with Crippen LogP contribution in [0.15, 0.2) is 36.5 Å². The topological polar surface area (TPSA) is 95.9 Å². The van der Waals surface area contributed by atoms with Gasteiger partial charge in [-0.2, -0.15) is 0 Å². The third-order valence-corrected chi connectivity index (χ3v) is 14.9. The number of allylic oxidation sites excluding steroid dienone is 5. The van der Waals surface area contributed by atoms with Crippen molar-refractivity contribution in [3.8, 4) is 0 Å². The van der Waals surface area contributed by atoms with Crippen LogP contribution in [0, 0.1) is 0 Å². The number of rotatable bonds is 60. The Kier molecular flexibility index (Phi) is 60.0. The SMILES string of the molecule is CCCCCCCCCCCCCCCCCCCCCCCC/C=C/C(O)C(CO)NC(=O)CC/C=C\C/C=C\CCCCCCCCOC(=O)CCCCCCCCCCCCCCCCCCCC. The van der Waals surface area contributed by atoms with E-state index in [-0.39, 0.29) is 18.5 Å². The average Bonchev–Trinajstić information content (AvgIpc) is 3.38. The van der Waals surface area contributed by atoms with Gasteiger partial charge in [-0.3, -0.25) is 9.59 Å². The van der Waals surface area contributed by atoms with E-state index >= 15 is 0 Å². The zero-order valence-electron chi connectivity index (χ0n) is 48.4. The molecular formula is C66H125NO5. The fraction of sp³-hybridized carbons (Fsp3) is 0.879. The molecule has 0 saturated heterocycles. The predicted molar refractivity (Wildman–Crippen MR) is 315 cm³/mol. The molecule has 2 unspecified atom stereocenters. The van der Waals surface area contributed by atoms with Crippen LogP contribution in [0.25, 0.3) is 0 Å². The molecule has 6 nitrogen and oxygen atoms in total. The highest BCUT2D eigenvalue weighted by molar-refractivity contribution is 5.76. The van der Waals surface area contributed by atoms with Gasteiger partial charge in [0.25, 0.3) is 0 Å². The van der Waals surface area contributed by atoms with Crippen molar-refractivity contribution in [2.75, 3.05) is 13.2 Å². The second-order valence-corrected chi connectivity index (χ2v) is 22.1. The summed E-state index contributed by atoms with van der Waals surface area (Å²) in [5, 5.41) is 23.1. The molecule has 0 radical (unpaired) electrons. The second kappa shape index (κ2) is 61.6. The molecule has 2 atom stereocenters. The molecule has 0 heterocycles. The maximum atomic E-state index is 12.5. The van der Waals surface area contributed by atoms with Crippen molar-refractivity contribution in [1.82, 2.24) is 5.32 Å². The molecule has 72 heavy (non-hydrogen) atoms. The van der Waals surface area contributed by atoms with Crippen LogP contribution in [0.4, 0.5) is 0 Å². The number of aliphatic hydroxyl groups is 2. The quantitative estimate of drug-likeness (QED) is 0.0320. The molecule has 0 saturated carbocycles. The highest BCUT2D eigenvalue weighted by atomic mass is 16.5. The van der Waals surface area contributed by atoms with Gasteiger partial charge in [0.15, 0.2) is 0 Å². The summed E-state index contributed by atoms with van der Waals surface area (Å²) in [5.41, 5.74) is 0. The van der Waals surface area contributed by atoms with Gasteiger partial charge >= 0.3 is 5.97 Å². The third kappa shape index (κ3) is 57.4. The highest BCUT2D eigenvalue weighted by Crippen LogP contribution is 2.18. The first-order valence-corrected chi connectivity index (χ1v) is 32.3. The average molecular weight is 1010 g/mol. The van der Waals surface area contributed by atoms with E-state index in [0.717, 1.165) is 51.4 Å². The van der Waals surface area contributed by atoms with Crippen molar-refractivity contribution in [1.29, 1.82) is 0 Å². The van der Waals surface area contributed by atoms with Crippen LogP contribution in [-0.4, -0.2) is 47.4 Å². The summed E-state index contributed by atoms with van der Waals surface area (Å²) in [6.07, 6.45) is 77.8. The smallest absolute Gasteiger partial charge is 0.305 e. The maximum absolute atomic E-state index is 12.5. The number of aliphatic hydroxyl groups excluding tert-OH is 2. The first-order valence-electron chi connectivity index (χ1n) is 32.3. The summed E-state index contributed by atoms with van der Waals surface area (Å²) in [6.45, 7) is 4.87. The van der Waals surface area contributed by atoms with E-state index in [2.05, 4.69) is 37.4 Å². The summed E-state index contributed by atoms with van der Waals surface area (Å²) in [6, 6.07) is -0.673. The minimum atomic E-state index is -0.881. The Morgan fingerprint density at radius 1 is 0.389 bits per heavy atom. The zero-order valence-corrected chi connectivity index (χ0v) is 48.4. The Balaban J connectivity index is 3.53. The molecule has 0 spiro atoms. The molecule has 0 aromatic rings. The van der Waals surface area contributed by atoms with Crippen molar-refractivity contribution in [3.63, 3.8) is 0 Å². The van der Waals surface area contributed by atoms with Gasteiger partial charge < -0.3 is 20.3 Å². The fourth-order valence-electron chi connectivity index (χ4n) is 9.98. The summed E-state index contributed by atoms with van der Waals surface area (Å²) in [4.78, 5) is 24.6. The molecule has 0 aliphatic rings. The van der Waals surface area contributed by atoms with E-state index in [4.69, 9.17) is 4.74 Å². The Hall–Kier alpha value is -1.92. The van der Waals surface area contributed by atoms with E-state index < -0.39 is 12.1 Å². The molecule has 424 valence electrons. The van der Waals surface area contributed by atoms with E-state index in [9.17, 15) is 19.8 Å². The van der Waals surface area contributed by atoms with Crippen LogP contribution >= 0.6 is 0 Å². The Labute approximate surface area is 449 Å². The highest BCUT2D eigenvalue weighted by Gasteiger charge is 2.17. The molecule has 0 fully saturated rings. The molecule has 0 aromatic heterocycles. The van der Waals surface area contributed by atoms with Crippen LogP contribution in [0.2, 0.25) is 0 Å². The van der Waals surface area contributed by atoms with Crippen LogP contribution in [0.1, 0.15) is 348 Å². The maximum Gasteiger partial charge on any atom is 0.305 e. The van der Waals surface area contributed by atoms with Crippen molar-refractivity contribution >= 4 is 11.9 Å². The lowest BCUT2D eigenvalue weighted by Gasteiger charge is -2.19. The van der Waals surface area contributed by atoms with Gasteiger partial charge in [-0.15, -0.1) is 0 Å². The molecule has 0 aliphatic heterocycles. The molecule has 0 bridgehead atoms. The third-order valence-electron chi connectivity index (χ3n) is 14.9. The standard InChI is InChI=1S/C66H125NO5/c1-3-5-7-9-11-13-15-17-19-21-23-24-25-26-27-28-29-31-34-38-42-46-50-54-58-64(69)63(62-68)67-65(70)59-55-51-47-43-39-35-33-37-41-45-49-53-57-61-72-66(71)60-56-52-48-44-40-36-32-30-22-20-18-16-14-12-10-8-6-4-2/h35,39,47,51,54,58,63-64,68-69H,3-34,36-38,40-46,48-50,52-53,55-57,59-62H2,1-2H3,(H,67,70)/b39-35-,51-47-,58-54+. The van der Waals surface area contributed by atoms with Gasteiger partial charge in [0.2, 0.25) is 5.91 Å². The fourth-order valence-corrected chi connectivity index (χ4v) is 9.98. The molecule has 0 aromatic carbocycles. The number of amides is 1. The first-order chi connectivity index (χ1) is 35.5. The number of hydrogen-bond acceptors (Lipinski definition) is 5. The molecular weight excluding hydrogens is 887 g/mol. The molecule has 6 heteroatoms. The monoisotopic (exact) mass is 1010 g/mol. The van der Waals surface area contributed by atoms with Gasteiger partial charge in [0, 0.05) is 12.8 Å². The lowest BCUT2D eigenvalue weighted by atomic mass is 10.0. The van der Waals surface area contributed by atoms with Gasteiger partial charge in [0.05, 0.1) is 25.4 Å². The van der Waals surface area contributed by atoms with Crippen LogP contribution < -0.4 is 5.32 Å². The lowest BCUT2D eigenvalue weighted by Crippen LogP contribution is -2.45. The summed E-state index contributed by atoms with van der Waals surface area (Å²) >= 11 is 0. The number of hydrogen-bond donors (Lipinski definition) is 3. The molecule has 0 rings (SSSR count). The zero-order chi connectivity index (χ0) is 52.2. The summed E-state index contributed by atoms with van der Waals surface area (Å²) in [5.74, 6) is -0.159. The number of ether oxygens (including phenoxy) is 1. The number of unbranched alkanes of at least 4 members (excludes halogenated alkanes) is 45. The predicted octanol–water partition coefficient (Wildman–Crippen LogP) is 20.4. The summed E-state index contributed by atoms with van der Waals surface area (Å²) in [7, 11) is 0. The van der Waals surface area contributed by atoms with E-state index in [1.165, 1.54) is 263 Å². The van der Waals surface area contributed by atoms with E-state index in [1.807, 2.05) is 12.2 Å². The van der Waals surface area contributed by atoms with Crippen molar-refractivity contribution in [2.45, 2.75) is 360 Å². The van der Waals surface area contributed by atoms with Gasteiger partial charge in [-0.1, -0.05) is 320 Å². The van der Waals surface area contributed by atoms with Gasteiger partial charge in [0.1, 0.15) is 0 Å². The first kappa shape index (κ1) is 70.1. The van der Waals surface area contributed by atoms with E-state index in [1.54, 1.807) is 6.08 Å². The van der Waals surface area contributed by atoms with Crippen molar-refractivity contribution < 1.29 is 24.5 Å². The Morgan fingerprint density at radius 3 is 1.08 bits per heavy atom. The minimum Gasteiger partial charge on any atom is -0.466 e. The van der Waals surface area contributed by atoms with Crippen LogP contribution in [0.5, 0.6) is 0 Å². The van der Waals surface area contributed by atoms with Crippen LogP contribution in [-0.2, 0) is 14.3 Å². The van der Waals surface area contributed by atoms with Crippen molar-refractivity contribution in [2.24, 2.45) is 0 Å². The molecule has 1 amide bonds. The van der Waals surface area contributed by atoms with Gasteiger partial charge in [-0.25, -0.2) is 0 Å². The van der Waals surface area contributed by atoms with Gasteiger partial charge in [-0.05, 0) is 51.4 Å². The number of carbonyl (C=O) groups is 2. The minimum absolute atomic E-state index is 0.0135. The Morgan fingerprint density at radius 2 is 0.708 bits per heavy atom. The van der Waals surface area contributed by atoms with Crippen molar-refractivity contribution in [3.05, 3.63) is 36.5 Å². The lowest BCUT2D eigenvalue weighted by molar-refractivity contribution is -0.143. The number of carbonyl (C=O) groups excluding carboxylic acids is 2. The second-order valence-electron chi connectivity index (χ2n) is 22.1. The Bertz CT molecular complexity index is 1170. The normalized spacial score (nSPS) is 12.8. The van der Waals surface area contributed by atoms with E-state index in [0.29, 0.717) is 25.9 Å². The largest absolute Gasteiger partial charge is 0.466 e. The molecule has 3 N–H and O–H groups in total. The summed E-state index contributed by atoms with van der Waals surface area (Å²) < 4.78 is 5.48. The van der Waals surface area contributed by atoms with Crippen LogP contribution in [0.3, 0.4) is 0 Å². The number of nitrogens with one attached hydrogen (secondary N) is 1. The molecule has 0 aliphatic carbocycles. The number of esters is 1.